The molecule has 3 aromatic rings. The molecule has 0 N–H and O–H groups in total. The largest absolute Gasteiger partial charge is 0.456 e. The van der Waals surface area contributed by atoms with E-state index in [-0.39, 0.29) is 11.6 Å². The lowest BCUT2D eigenvalue weighted by Crippen LogP contribution is -2.27. The molecule has 2 heterocycles. The molecule has 6 nitrogen and oxygen atoms in total. The number of furan rings is 1. The summed E-state index contributed by atoms with van der Waals surface area (Å²) < 4.78 is 6.06. The number of nitro benzene ring substituents is 1. The molecule has 0 radical (unpaired) electrons. The average Bonchev–Trinajstić information content (AvgIpc) is 3.27. The highest BCUT2D eigenvalue weighted by molar-refractivity contribution is 8.27. The molecule has 1 saturated heterocycles. The van der Waals surface area contributed by atoms with Crippen molar-refractivity contribution in [3.8, 4) is 11.3 Å². The van der Waals surface area contributed by atoms with Gasteiger partial charge in [-0.25, -0.2) is 0 Å². The first-order valence-electron chi connectivity index (χ1n) is 8.42. The predicted octanol–water partition coefficient (Wildman–Crippen LogP) is 6.57. The zero-order chi connectivity index (χ0) is 21.4. The minimum Gasteiger partial charge on any atom is -0.456 e. The minimum absolute atomic E-state index is 0.0675. The third-order valence-electron chi connectivity index (χ3n) is 4.21. The fourth-order valence-electron chi connectivity index (χ4n) is 2.88. The first kappa shape index (κ1) is 20.6. The van der Waals surface area contributed by atoms with Crippen molar-refractivity contribution in [3.05, 3.63) is 85.4 Å². The van der Waals surface area contributed by atoms with Gasteiger partial charge in [-0.05, 0) is 36.4 Å². The van der Waals surface area contributed by atoms with Crippen LogP contribution in [-0.4, -0.2) is 15.2 Å². The van der Waals surface area contributed by atoms with E-state index in [1.165, 1.54) is 17.0 Å². The number of para-hydroxylation sites is 1. The Morgan fingerprint density at radius 2 is 1.90 bits per heavy atom. The Hall–Kier alpha value is -2.65. The summed E-state index contributed by atoms with van der Waals surface area (Å²) in [5.74, 6) is 0.341. The molecule has 150 valence electrons. The van der Waals surface area contributed by atoms with Gasteiger partial charge in [-0.3, -0.25) is 19.8 Å². The molecule has 4 rings (SSSR count). The molecule has 2 aromatic carbocycles. The van der Waals surface area contributed by atoms with E-state index in [2.05, 4.69) is 0 Å². The van der Waals surface area contributed by atoms with Gasteiger partial charge in [0.1, 0.15) is 11.5 Å². The second kappa shape index (κ2) is 8.23. The van der Waals surface area contributed by atoms with Crippen LogP contribution in [0.15, 0.2) is 63.9 Å². The van der Waals surface area contributed by atoms with E-state index in [9.17, 15) is 14.9 Å². The van der Waals surface area contributed by atoms with Crippen LogP contribution in [0.1, 0.15) is 5.76 Å². The Bertz CT molecular complexity index is 1240. The van der Waals surface area contributed by atoms with Crippen molar-refractivity contribution in [3.63, 3.8) is 0 Å². The molecule has 0 saturated carbocycles. The maximum atomic E-state index is 12.9. The average molecular weight is 477 g/mol. The van der Waals surface area contributed by atoms with Gasteiger partial charge in [0.2, 0.25) is 0 Å². The first-order valence-corrected chi connectivity index (χ1v) is 10.4. The van der Waals surface area contributed by atoms with Crippen LogP contribution in [-0.2, 0) is 4.79 Å². The van der Waals surface area contributed by atoms with Gasteiger partial charge in [0.05, 0.1) is 26.1 Å². The number of anilines is 1. The van der Waals surface area contributed by atoms with Crippen LogP contribution in [0.3, 0.4) is 0 Å². The predicted molar refractivity (Wildman–Crippen MR) is 123 cm³/mol. The Balaban J connectivity index is 1.65. The molecule has 0 aliphatic carbocycles. The Labute approximate surface area is 190 Å². The lowest BCUT2D eigenvalue weighted by molar-refractivity contribution is -0.384. The molecule has 1 fully saturated rings. The van der Waals surface area contributed by atoms with Crippen LogP contribution in [0, 0.1) is 10.1 Å². The number of thiocarbonyl (C=S) groups is 1. The van der Waals surface area contributed by atoms with Crippen LogP contribution in [0.4, 0.5) is 11.4 Å². The van der Waals surface area contributed by atoms with Gasteiger partial charge in [-0.1, -0.05) is 59.3 Å². The molecule has 0 atom stereocenters. The molecule has 1 amide bonds. The Kier molecular flexibility index (Phi) is 5.66. The Morgan fingerprint density at radius 3 is 2.63 bits per heavy atom. The summed E-state index contributed by atoms with van der Waals surface area (Å²) >= 11 is 18.6. The highest BCUT2D eigenvalue weighted by Crippen LogP contribution is 2.40. The number of hydrogen-bond acceptors (Lipinski definition) is 6. The fraction of sp³-hybridized carbons (Fsp3) is 0. The minimum atomic E-state index is -0.474. The third-order valence-corrected chi connectivity index (χ3v) is 6.05. The normalized spacial score (nSPS) is 15.3. The van der Waals surface area contributed by atoms with Gasteiger partial charge >= 0.3 is 0 Å². The summed E-state index contributed by atoms with van der Waals surface area (Å²) in [7, 11) is 0. The van der Waals surface area contributed by atoms with E-state index in [1.54, 1.807) is 48.5 Å². The van der Waals surface area contributed by atoms with Crippen LogP contribution in [0.2, 0.25) is 10.0 Å². The molecule has 0 spiro atoms. The summed E-state index contributed by atoms with van der Waals surface area (Å²) in [6.45, 7) is 0. The van der Waals surface area contributed by atoms with Crippen molar-refractivity contribution in [2.24, 2.45) is 0 Å². The van der Waals surface area contributed by atoms with Crippen molar-refractivity contribution in [2.45, 2.75) is 0 Å². The van der Waals surface area contributed by atoms with Crippen molar-refractivity contribution < 1.29 is 14.1 Å². The van der Waals surface area contributed by atoms with Gasteiger partial charge in [0, 0.05) is 17.2 Å². The van der Waals surface area contributed by atoms with E-state index in [1.807, 2.05) is 0 Å². The van der Waals surface area contributed by atoms with Crippen LogP contribution < -0.4 is 4.90 Å². The van der Waals surface area contributed by atoms with Gasteiger partial charge < -0.3 is 4.42 Å². The highest BCUT2D eigenvalue weighted by atomic mass is 35.5. The van der Waals surface area contributed by atoms with E-state index in [0.717, 1.165) is 11.8 Å². The molecule has 1 aliphatic heterocycles. The number of benzene rings is 2. The van der Waals surface area contributed by atoms with Gasteiger partial charge in [-0.15, -0.1) is 0 Å². The standard InChI is InChI=1S/C20H10Cl2N2O4S2/c21-11-5-7-16(14(22)9-11)23-19(25)18(30-20(23)29)10-12-6-8-17(28-12)13-3-1-2-4-15(13)24(26)27/h1-10H/b18-10-. The number of hydrogen-bond donors (Lipinski definition) is 0. The number of nitro groups is 1. The number of amides is 1. The lowest BCUT2D eigenvalue weighted by Gasteiger charge is -2.16. The maximum absolute atomic E-state index is 12.9. The van der Waals surface area contributed by atoms with Crippen molar-refractivity contribution in [1.82, 2.24) is 0 Å². The zero-order valence-electron chi connectivity index (χ0n) is 14.9. The zero-order valence-corrected chi connectivity index (χ0v) is 18.0. The third kappa shape index (κ3) is 3.87. The summed E-state index contributed by atoms with van der Waals surface area (Å²) in [4.78, 5) is 25.3. The van der Waals surface area contributed by atoms with Crippen LogP contribution >= 0.6 is 47.2 Å². The van der Waals surface area contributed by atoms with E-state index >= 15 is 0 Å². The molecule has 1 aromatic heterocycles. The monoisotopic (exact) mass is 476 g/mol. The number of rotatable bonds is 4. The number of halogens is 2. The quantitative estimate of drug-likeness (QED) is 0.183. The summed E-state index contributed by atoms with van der Waals surface area (Å²) in [5.41, 5.74) is 0.719. The topological polar surface area (TPSA) is 76.6 Å². The van der Waals surface area contributed by atoms with Crippen molar-refractivity contribution in [2.75, 3.05) is 4.90 Å². The van der Waals surface area contributed by atoms with Gasteiger partial charge in [0.25, 0.3) is 11.6 Å². The summed E-state index contributed by atoms with van der Waals surface area (Å²) in [6, 6.07) is 14.3. The van der Waals surface area contributed by atoms with Gasteiger partial charge in [-0.2, -0.15) is 0 Å². The smallest absolute Gasteiger partial charge is 0.280 e. The van der Waals surface area contributed by atoms with Crippen LogP contribution in [0.5, 0.6) is 0 Å². The van der Waals surface area contributed by atoms with Gasteiger partial charge in [0.15, 0.2) is 4.32 Å². The highest BCUT2D eigenvalue weighted by Gasteiger charge is 2.34. The molecule has 0 unspecified atom stereocenters. The Morgan fingerprint density at radius 1 is 1.13 bits per heavy atom. The molecule has 0 bridgehead atoms. The molecular formula is C20H10Cl2N2O4S2. The molecule has 1 aliphatic rings. The van der Waals surface area contributed by atoms with E-state index < -0.39 is 4.92 Å². The lowest BCUT2D eigenvalue weighted by atomic mass is 10.1. The van der Waals surface area contributed by atoms with E-state index in [0.29, 0.717) is 42.0 Å². The number of thioether (sulfide) groups is 1. The van der Waals surface area contributed by atoms with Crippen molar-refractivity contribution >= 4 is 74.9 Å². The second-order valence-electron chi connectivity index (χ2n) is 6.09. The number of nitrogens with zero attached hydrogens (tertiary/aromatic N) is 2. The SMILES string of the molecule is O=C1/C(=C/c2ccc(-c3ccccc3[N+](=O)[O-])o2)SC(=S)N1c1ccc(Cl)cc1Cl. The number of carbonyl (C=O) groups excluding carboxylic acids is 1. The molecule has 30 heavy (non-hydrogen) atoms. The summed E-state index contributed by atoms with van der Waals surface area (Å²) in [5, 5.41) is 12.0. The fourth-order valence-corrected chi connectivity index (χ4v) is 4.64. The molecular weight excluding hydrogens is 467 g/mol. The number of carbonyl (C=O) groups is 1. The summed E-state index contributed by atoms with van der Waals surface area (Å²) in [6.07, 6.45) is 1.54. The second-order valence-corrected chi connectivity index (χ2v) is 8.61. The van der Waals surface area contributed by atoms with Crippen molar-refractivity contribution in [1.29, 1.82) is 0 Å². The van der Waals surface area contributed by atoms with E-state index in [4.69, 9.17) is 39.8 Å². The first-order chi connectivity index (χ1) is 14.3. The van der Waals surface area contributed by atoms with Crippen LogP contribution in [0.25, 0.3) is 17.4 Å². The molecule has 10 heteroatoms. The maximum Gasteiger partial charge on any atom is 0.280 e.